The highest BCUT2D eigenvalue weighted by atomic mass is 19.1. The van der Waals surface area contributed by atoms with Crippen LogP contribution in [0.5, 0.6) is 5.75 Å². The van der Waals surface area contributed by atoms with Crippen molar-refractivity contribution in [2.24, 2.45) is 5.92 Å². The van der Waals surface area contributed by atoms with E-state index in [1.54, 1.807) is 43.3 Å². The summed E-state index contributed by atoms with van der Waals surface area (Å²) < 4.78 is 24.6. The maximum atomic E-state index is 14.6. The smallest absolute Gasteiger partial charge is 0.312 e. The lowest BCUT2D eigenvalue weighted by Gasteiger charge is -2.12. The maximum absolute atomic E-state index is 14.6. The van der Waals surface area contributed by atoms with Crippen LogP contribution in [0.25, 0.3) is 11.1 Å². The Morgan fingerprint density at radius 2 is 1.81 bits per heavy atom. The lowest BCUT2D eigenvalue weighted by atomic mass is 9.97. The SMILES string of the molecule is COC(=O)C(C)c1ccc(-c2cccc(OC(=O)CC(C)C)c2)c(F)c1. The molecule has 0 aliphatic rings. The molecule has 2 rings (SSSR count). The Bertz CT molecular complexity index is 798. The molecule has 0 aliphatic carbocycles. The number of ether oxygens (including phenoxy) is 2. The Hall–Kier alpha value is -2.69. The van der Waals surface area contributed by atoms with Gasteiger partial charge >= 0.3 is 11.9 Å². The molecule has 2 aromatic rings. The Kier molecular flexibility index (Phi) is 6.50. The average Bonchev–Trinajstić information content (AvgIpc) is 2.59. The van der Waals surface area contributed by atoms with Gasteiger partial charge in [0.05, 0.1) is 13.0 Å². The van der Waals surface area contributed by atoms with Crippen LogP contribution in [0.4, 0.5) is 4.39 Å². The van der Waals surface area contributed by atoms with Crippen molar-refractivity contribution in [2.45, 2.75) is 33.1 Å². The number of carbonyl (C=O) groups excluding carboxylic acids is 2. The molecule has 0 saturated heterocycles. The van der Waals surface area contributed by atoms with Crippen molar-refractivity contribution in [3.05, 3.63) is 53.8 Å². The number of carbonyl (C=O) groups is 2. The van der Waals surface area contributed by atoms with Crippen molar-refractivity contribution in [1.29, 1.82) is 0 Å². The molecule has 0 amide bonds. The Morgan fingerprint density at radius 3 is 2.42 bits per heavy atom. The normalized spacial score (nSPS) is 11.9. The Morgan fingerprint density at radius 1 is 1.08 bits per heavy atom. The molecule has 1 unspecified atom stereocenters. The molecule has 26 heavy (non-hydrogen) atoms. The topological polar surface area (TPSA) is 52.6 Å². The molecule has 0 aromatic heterocycles. The van der Waals surface area contributed by atoms with Crippen molar-refractivity contribution in [2.75, 3.05) is 7.11 Å². The quantitative estimate of drug-likeness (QED) is 0.554. The van der Waals surface area contributed by atoms with Gasteiger partial charge in [0.2, 0.25) is 0 Å². The van der Waals surface area contributed by atoms with Gasteiger partial charge in [-0.25, -0.2) is 4.39 Å². The number of hydrogen-bond acceptors (Lipinski definition) is 4. The van der Waals surface area contributed by atoms with Crippen LogP contribution in [0, 0.1) is 11.7 Å². The molecule has 0 spiro atoms. The van der Waals surface area contributed by atoms with Gasteiger partial charge in [-0.15, -0.1) is 0 Å². The van der Waals surface area contributed by atoms with E-state index in [-0.39, 0.29) is 11.9 Å². The van der Waals surface area contributed by atoms with Gasteiger partial charge in [-0.3, -0.25) is 9.59 Å². The Balaban J connectivity index is 2.24. The van der Waals surface area contributed by atoms with E-state index in [1.165, 1.54) is 13.2 Å². The minimum atomic E-state index is -0.549. The van der Waals surface area contributed by atoms with E-state index in [1.807, 2.05) is 13.8 Å². The first-order valence-electron chi connectivity index (χ1n) is 8.50. The third-order valence-electron chi connectivity index (χ3n) is 4.00. The molecule has 0 saturated carbocycles. The summed E-state index contributed by atoms with van der Waals surface area (Å²) in [7, 11) is 1.30. The molecule has 5 heteroatoms. The molecule has 4 nitrogen and oxygen atoms in total. The van der Waals surface area contributed by atoms with Crippen molar-refractivity contribution >= 4 is 11.9 Å². The first kappa shape index (κ1) is 19.6. The van der Waals surface area contributed by atoms with Crippen LogP contribution in [0.15, 0.2) is 42.5 Å². The van der Waals surface area contributed by atoms with E-state index < -0.39 is 17.7 Å². The van der Waals surface area contributed by atoms with Gasteiger partial charge in [0.1, 0.15) is 11.6 Å². The van der Waals surface area contributed by atoms with Gasteiger partial charge in [-0.1, -0.05) is 38.1 Å². The van der Waals surface area contributed by atoms with Crippen molar-refractivity contribution in [3.63, 3.8) is 0 Å². The zero-order chi connectivity index (χ0) is 19.3. The molecule has 0 fully saturated rings. The third kappa shape index (κ3) is 4.91. The fourth-order valence-corrected chi connectivity index (χ4v) is 2.58. The largest absolute Gasteiger partial charge is 0.469 e. The van der Waals surface area contributed by atoms with E-state index in [0.717, 1.165) is 0 Å². The molecular weight excluding hydrogens is 335 g/mol. The monoisotopic (exact) mass is 358 g/mol. The van der Waals surface area contributed by atoms with Crippen LogP contribution in [0.2, 0.25) is 0 Å². The summed E-state index contributed by atoms with van der Waals surface area (Å²) in [6.45, 7) is 5.53. The predicted octanol–water partition coefficient (Wildman–Crippen LogP) is 4.72. The molecular formula is C21H23FO4. The molecule has 138 valence electrons. The number of benzene rings is 2. The van der Waals surface area contributed by atoms with Crippen LogP contribution in [-0.4, -0.2) is 19.0 Å². The molecule has 0 bridgehead atoms. The van der Waals surface area contributed by atoms with Crippen LogP contribution in [0.1, 0.15) is 38.7 Å². The van der Waals surface area contributed by atoms with E-state index in [9.17, 15) is 14.0 Å². The predicted molar refractivity (Wildman–Crippen MR) is 97.4 cm³/mol. The van der Waals surface area contributed by atoms with Crippen LogP contribution in [0.3, 0.4) is 0 Å². The first-order chi connectivity index (χ1) is 12.3. The van der Waals surface area contributed by atoms with Gasteiger partial charge in [0.15, 0.2) is 0 Å². The minimum Gasteiger partial charge on any atom is -0.469 e. The van der Waals surface area contributed by atoms with Crippen LogP contribution < -0.4 is 4.74 Å². The summed E-state index contributed by atoms with van der Waals surface area (Å²) >= 11 is 0. The van der Waals surface area contributed by atoms with Crippen LogP contribution in [-0.2, 0) is 14.3 Å². The van der Waals surface area contributed by atoms with Gasteiger partial charge in [0, 0.05) is 12.0 Å². The van der Waals surface area contributed by atoms with E-state index in [0.29, 0.717) is 28.9 Å². The number of hydrogen-bond donors (Lipinski definition) is 0. The zero-order valence-electron chi connectivity index (χ0n) is 15.4. The van der Waals surface area contributed by atoms with Gasteiger partial charge < -0.3 is 9.47 Å². The zero-order valence-corrected chi connectivity index (χ0v) is 15.4. The first-order valence-corrected chi connectivity index (χ1v) is 8.50. The lowest BCUT2D eigenvalue weighted by molar-refractivity contribution is -0.142. The molecule has 1 atom stereocenters. The molecule has 0 radical (unpaired) electrons. The number of methoxy groups -OCH3 is 1. The van der Waals surface area contributed by atoms with Crippen molar-refractivity contribution in [3.8, 4) is 16.9 Å². The fourth-order valence-electron chi connectivity index (χ4n) is 2.58. The molecule has 0 aliphatic heterocycles. The summed E-state index contributed by atoms with van der Waals surface area (Å²) in [6, 6.07) is 11.4. The van der Waals surface area contributed by atoms with Gasteiger partial charge in [-0.05, 0) is 42.2 Å². The van der Waals surface area contributed by atoms with E-state index in [2.05, 4.69) is 0 Å². The minimum absolute atomic E-state index is 0.201. The second-order valence-electron chi connectivity index (χ2n) is 6.58. The maximum Gasteiger partial charge on any atom is 0.312 e. The summed E-state index contributed by atoms with van der Waals surface area (Å²) in [5.74, 6) is -1.17. The average molecular weight is 358 g/mol. The summed E-state index contributed by atoms with van der Waals surface area (Å²) in [5.41, 5.74) is 1.50. The Labute approximate surface area is 152 Å². The second-order valence-corrected chi connectivity index (χ2v) is 6.58. The number of esters is 2. The highest BCUT2D eigenvalue weighted by Gasteiger charge is 2.18. The highest BCUT2D eigenvalue weighted by molar-refractivity contribution is 5.78. The third-order valence-corrected chi connectivity index (χ3v) is 4.00. The second kappa shape index (κ2) is 8.61. The van der Waals surface area contributed by atoms with E-state index >= 15 is 0 Å². The molecule has 0 heterocycles. The van der Waals surface area contributed by atoms with Crippen molar-refractivity contribution in [1.82, 2.24) is 0 Å². The van der Waals surface area contributed by atoms with Crippen LogP contribution >= 0.6 is 0 Å². The van der Waals surface area contributed by atoms with Crippen molar-refractivity contribution < 1.29 is 23.5 Å². The summed E-state index contributed by atoms with van der Waals surface area (Å²) in [5, 5.41) is 0. The highest BCUT2D eigenvalue weighted by Crippen LogP contribution is 2.29. The number of rotatable bonds is 6. The van der Waals surface area contributed by atoms with E-state index in [4.69, 9.17) is 9.47 Å². The number of halogens is 1. The molecule has 2 aromatic carbocycles. The fraction of sp³-hybridized carbons (Fsp3) is 0.333. The van der Waals surface area contributed by atoms with Gasteiger partial charge in [0.25, 0.3) is 0 Å². The standard InChI is InChI=1S/C21H23FO4/c1-13(2)10-20(23)26-17-7-5-6-16(11-17)18-9-8-15(12-19(18)22)14(3)21(24)25-4/h5-9,11-14H,10H2,1-4H3. The molecule has 0 N–H and O–H groups in total. The summed E-state index contributed by atoms with van der Waals surface area (Å²) in [4.78, 5) is 23.4. The lowest BCUT2D eigenvalue weighted by Crippen LogP contribution is -2.11. The van der Waals surface area contributed by atoms with Gasteiger partial charge in [-0.2, -0.15) is 0 Å². The summed E-state index contributed by atoms with van der Waals surface area (Å²) in [6.07, 6.45) is 0.318.